The van der Waals surface area contributed by atoms with Gasteiger partial charge in [-0.1, -0.05) is 73.1 Å². The zero-order valence-electron chi connectivity index (χ0n) is 16.0. The summed E-state index contributed by atoms with van der Waals surface area (Å²) in [6, 6.07) is 0. The van der Waals surface area contributed by atoms with Gasteiger partial charge in [0.2, 0.25) is 0 Å². The molecule has 134 valence electrons. The third-order valence-electron chi connectivity index (χ3n) is 4.60. The fourth-order valence-electron chi connectivity index (χ4n) is 2.72. The van der Waals surface area contributed by atoms with E-state index in [2.05, 4.69) is 34.6 Å². The lowest BCUT2D eigenvalue weighted by atomic mass is 10.0. The van der Waals surface area contributed by atoms with Crippen LogP contribution in [0.2, 0.25) is 0 Å². The Morgan fingerprint density at radius 1 is 0.636 bits per heavy atom. The lowest BCUT2D eigenvalue weighted by Crippen LogP contribution is -2.19. The molecule has 2 unspecified atom stereocenters. The van der Waals surface area contributed by atoms with E-state index in [0.29, 0.717) is 5.92 Å². The van der Waals surface area contributed by atoms with Crippen molar-refractivity contribution in [2.24, 2.45) is 17.8 Å². The van der Waals surface area contributed by atoms with Crippen LogP contribution in [0.1, 0.15) is 86.0 Å². The largest absolute Gasteiger partial charge is 0.381 e. The molecule has 0 aliphatic carbocycles. The maximum absolute atomic E-state index is 5.91. The van der Waals surface area contributed by atoms with Crippen LogP contribution in [0.4, 0.5) is 0 Å². The molecule has 2 atom stereocenters. The molecule has 0 N–H and O–H groups in total. The van der Waals surface area contributed by atoms with E-state index in [4.69, 9.17) is 9.47 Å². The number of ether oxygens (including phenoxy) is 2. The summed E-state index contributed by atoms with van der Waals surface area (Å²) in [5.74, 6) is 1.99. The van der Waals surface area contributed by atoms with Crippen molar-refractivity contribution >= 4 is 0 Å². The lowest BCUT2D eigenvalue weighted by Gasteiger charge is -2.19. The van der Waals surface area contributed by atoms with Gasteiger partial charge in [-0.2, -0.15) is 0 Å². The van der Waals surface area contributed by atoms with Crippen molar-refractivity contribution in [2.75, 3.05) is 26.4 Å². The average Bonchev–Trinajstić information content (AvgIpc) is 2.53. The Bertz CT molecular complexity index is 196. The third-order valence-corrected chi connectivity index (χ3v) is 4.60. The Hall–Kier alpha value is -0.0800. The van der Waals surface area contributed by atoms with Crippen LogP contribution < -0.4 is 0 Å². The minimum Gasteiger partial charge on any atom is -0.381 e. The Morgan fingerprint density at radius 2 is 1.05 bits per heavy atom. The van der Waals surface area contributed by atoms with Gasteiger partial charge in [-0.15, -0.1) is 0 Å². The van der Waals surface area contributed by atoms with E-state index in [9.17, 15) is 0 Å². The van der Waals surface area contributed by atoms with Gasteiger partial charge >= 0.3 is 0 Å². The second-order valence-electron chi connectivity index (χ2n) is 7.01. The van der Waals surface area contributed by atoms with Gasteiger partial charge in [-0.05, 0) is 24.7 Å². The first kappa shape index (κ1) is 21.9. The van der Waals surface area contributed by atoms with Crippen LogP contribution in [0, 0.1) is 17.8 Å². The van der Waals surface area contributed by atoms with Crippen LogP contribution in [0.25, 0.3) is 0 Å². The molecular formula is C20H42O2. The van der Waals surface area contributed by atoms with Crippen molar-refractivity contribution in [1.82, 2.24) is 0 Å². The monoisotopic (exact) mass is 314 g/mol. The van der Waals surface area contributed by atoms with Crippen molar-refractivity contribution in [3.05, 3.63) is 0 Å². The second kappa shape index (κ2) is 15.8. The Kier molecular flexibility index (Phi) is 15.7. The van der Waals surface area contributed by atoms with Crippen LogP contribution in [0.5, 0.6) is 0 Å². The SMILES string of the molecule is CCCCC(CC)COCC(C)COCC(CC)CCCC. The molecule has 0 radical (unpaired) electrons. The van der Waals surface area contributed by atoms with Crippen LogP contribution in [-0.4, -0.2) is 26.4 Å². The van der Waals surface area contributed by atoms with Crippen LogP contribution in [0.15, 0.2) is 0 Å². The quantitative estimate of drug-likeness (QED) is 0.343. The molecule has 0 aliphatic rings. The number of hydrogen-bond donors (Lipinski definition) is 0. The third kappa shape index (κ3) is 12.5. The highest BCUT2D eigenvalue weighted by atomic mass is 16.5. The number of rotatable bonds is 16. The second-order valence-corrected chi connectivity index (χ2v) is 7.01. The average molecular weight is 315 g/mol. The highest BCUT2D eigenvalue weighted by Crippen LogP contribution is 2.15. The van der Waals surface area contributed by atoms with Crippen LogP contribution in [-0.2, 0) is 9.47 Å². The Morgan fingerprint density at radius 3 is 1.36 bits per heavy atom. The topological polar surface area (TPSA) is 18.5 Å². The first-order chi connectivity index (χ1) is 10.7. The van der Waals surface area contributed by atoms with E-state index < -0.39 is 0 Å². The first-order valence-electron chi connectivity index (χ1n) is 9.83. The van der Waals surface area contributed by atoms with Gasteiger partial charge in [0.1, 0.15) is 0 Å². The summed E-state index contributed by atoms with van der Waals surface area (Å²) >= 11 is 0. The van der Waals surface area contributed by atoms with Crippen LogP contribution in [0.3, 0.4) is 0 Å². The molecule has 0 heterocycles. The van der Waals surface area contributed by atoms with Gasteiger partial charge in [0.05, 0.1) is 13.2 Å². The molecule has 2 nitrogen and oxygen atoms in total. The molecule has 0 fully saturated rings. The number of hydrogen-bond acceptors (Lipinski definition) is 2. The highest BCUT2D eigenvalue weighted by Gasteiger charge is 2.10. The molecule has 0 aliphatic heterocycles. The van der Waals surface area contributed by atoms with Crippen molar-refractivity contribution < 1.29 is 9.47 Å². The Labute approximate surface area is 140 Å². The predicted molar refractivity (Wildman–Crippen MR) is 97.4 cm³/mol. The van der Waals surface area contributed by atoms with Crippen molar-refractivity contribution in [3.63, 3.8) is 0 Å². The highest BCUT2D eigenvalue weighted by molar-refractivity contribution is 4.59. The van der Waals surface area contributed by atoms with Crippen molar-refractivity contribution in [1.29, 1.82) is 0 Å². The molecule has 0 spiro atoms. The van der Waals surface area contributed by atoms with E-state index in [1.165, 1.54) is 51.4 Å². The van der Waals surface area contributed by atoms with E-state index in [-0.39, 0.29) is 0 Å². The van der Waals surface area contributed by atoms with Crippen molar-refractivity contribution in [2.45, 2.75) is 86.0 Å². The van der Waals surface area contributed by atoms with Gasteiger partial charge in [-0.25, -0.2) is 0 Å². The van der Waals surface area contributed by atoms with E-state index in [1.807, 2.05) is 0 Å². The summed E-state index contributed by atoms with van der Waals surface area (Å²) in [7, 11) is 0. The van der Waals surface area contributed by atoms with Crippen LogP contribution >= 0.6 is 0 Å². The summed E-state index contributed by atoms with van der Waals surface area (Å²) < 4.78 is 11.8. The maximum atomic E-state index is 5.91. The minimum atomic E-state index is 0.507. The Balaban J connectivity index is 3.65. The zero-order valence-corrected chi connectivity index (χ0v) is 16.0. The lowest BCUT2D eigenvalue weighted by molar-refractivity contribution is 0.0197. The molecular weight excluding hydrogens is 272 g/mol. The summed E-state index contributed by atoms with van der Waals surface area (Å²) in [5.41, 5.74) is 0. The fourth-order valence-corrected chi connectivity index (χ4v) is 2.72. The van der Waals surface area contributed by atoms with Gasteiger partial charge in [0.15, 0.2) is 0 Å². The molecule has 0 saturated carbocycles. The molecule has 2 heteroatoms. The summed E-state index contributed by atoms with van der Waals surface area (Å²) in [6.07, 6.45) is 10.3. The summed E-state index contributed by atoms with van der Waals surface area (Å²) in [5, 5.41) is 0. The molecule has 0 rings (SSSR count). The molecule has 0 bridgehead atoms. The summed E-state index contributed by atoms with van der Waals surface area (Å²) in [4.78, 5) is 0. The standard InChI is InChI=1S/C20H42O2/c1-6-10-12-19(8-3)16-21-14-18(5)15-22-17-20(9-4)13-11-7-2/h18-20H,6-17H2,1-5H3. The maximum Gasteiger partial charge on any atom is 0.0513 e. The number of unbranched alkanes of at least 4 members (excludes halogenated alkanes) is 2. The van der Waals surface area contributed by atoms with Gasteiger partial charge in [0.25, 0.3) is 0 Å². The fraction of sp³-hybridized carbons (Fsp3) is 1.00. The molecule has 0 aromatic heterocycles. The first-order valence-corrected chi connectivity index (χ1v) is 9.83. The molecule has 0 amide bonds. The van der Waals surface area contributed by atoms with Crippen molar-refractivity contribution in [3.8, 4) is 0 Å². The smallest absolute Gasteiger partial charge is 0.0513 e. The summed E-state index contributed by atoms with van der Waals surface area (Å²) in [6.45, 7) is 14.8. The van der Waals surface area contributed by atoms with E-state index in [0.717, 1.165) is 38.3 Å². The molecule has 0 aromatic carbocycles. The normalized spacial score (nSPS) is 15.7. The minimum absolute atomic E-state index is 0.507. The van der Waals surface area contributed by atoms with Gasteiger partial charge in [-0.3, -0.25) is 0 Å². The zero-order chi connectivity index (χ0) is 16.6. The molecule has 0 saturated heterocycles. The van der Waals surface area contributed by atoms with Gasteiger partial charge < -0.3 is 9.47 Å². The molecule has 22 heavy (non-hydrogen) atoms. The molecule has 0 aromatic rings. The van der Waals surface area contributed by atoms with E-state index >= 15 is 0 Å². The van der Waals surface area contributed by atoms with E-state index in [1.54, 1.807) is 0 Å². The van der Waals surface area contributed by atoms with Gasteiger partial charge in [0, 0.05) is 19.1 Å². The predicted octanol–water partition coefficient (Wildman–Crippen LogP) is 6.09.